The monoisotopic (exact) mass is 412 g/mol. The van der Waals surface area contributed by atoms with Crippen LogP contribution < -0.4 is 5.73 Å². The van der Waals surface area contributed by atoms with Gasteiger partial charge in [-0.3, -0.25) is 4.90 Å². The van der Waals surface area contributed by atoms with E-state index in [9.17, 15) is 0 Å². The lowest BCUT2D eigenvalue weighted by Gasteiger charge is -2.29. The van der Waals surface area contributed by atoms with Crippen LogP contribution in [0.1, 0.15) is 25.2 Å². The minimum Gasteiger partial charge on any atom is -0.338 e. The topological polar surface area (TPSA) is 68.2 Å². The molecule has 0 bridgehead atoms. The number of hydrogen-bond donors (Lipinski definition) is 1. The van der Waals surface area contributed by atoms with Gasteiger partial charge >= 0.3 is 0 Å². The van der Waals surface area contributed by atoms with Crippen molar-refractivity contribution in [3.8, 4) is 11.4 Å². The van der Waals surface area contributed by atoms with Crippen molar-refractivity contribution in [3.63, 3.8) is 0 Å². The van der Waals surface area contributed by atoms with Crippen molar-refractivity contribution in [2.45, 2.75) is 31.8 Å². The second-order valence-electron chi connectivity index (χ2n) is 6.73. The minimum atomic E-state index is 0. The smallest absolute Gasteiger partial charge is 0.241 e. The fourth-order valence-corrected chi connectivity index (χ4v) is 4.39. The third-order valence-electron chi connectivity index (χ3n) is 5.14. The van der Waals surface area contributed by atoms with Crippen molar-refractivity contribution in [1.29, 1.82) is 0 Å². The van der Waals surface area contributed by atoms with E-state index in [2.05, 4.69) is 31.0 Å². The van der Waals surface area contributed by atoms with Crippen LogP contribution in [-0.4, -0.2) is 34.2 Å². The largest absolute Gasteiger partial charge is 0.338 e. The van der Waals surface area contributed by atoms with Gasteiger partial charge in [-0.15, -0.1) is 12.4 Å². The maximum Gasteiger partial charge on any atom is 0.241 e. The zero-order valence-electron chi connectivity index (χ0n) is 13.4. The summed E-state index contributed by atoms with van der Waals surface area (Å²) in [4.78, 5) is 6.97. The van der Waals surface area contributed by atoms with E-state index in [0.29, 0.717) is 23.7 Å². The molecule has 2 fully saturated rings. The van der Waals surface area contributed by atoms with E-state index >= 15 is 0 Å². The van der Waals surface area contributed by atoms with Crippen LogP contribution in [0.15, 0.2) is 33.3 Å². The molecule has 2 heterocycles. The van der Waals surface area contributed by atoms with Crippen LogP contribution in [0.2, 0.25) is 0 Å². The van der Waals surface area contributed by atoms with Crippen LogP contribution in [0.4, 0.5) is 0 Å². The highest BCUT2D eigenvalue weighted by molar-refractivity contribution is 9.10. The van der Waals surface area contributed by atoms with Crippen LogP contribution in [0.25, 0.3) is 11.4 Å². The number of fused-ring (bicyclic) bond motifs is 1. The highest BCUT2D eigenvalue weighted by Gasteiger charge is 2.38. The Morgan fingerprint density at radius 2 is 2.17 bits per heavy atom. The second-order valence-corrected chi connectivity index (χ2v) is 7.65. The number of nitrogens with zero attached hydrogens (tertiary/aromatic N) is 3. The molecule has 1 aromatic carbocycles. The van der Waals surface area contributed by atoms with Gasteiger partial charge in [-0.1, -0.05) is 39.6 Å². The van der Waals surface area contributed by atoms with E-state index in [1.165, 1.54) is 19.3 Å². The molecule has 3 atom stereocenters. The number of rotatable bonds is 3. The number of benzene rings is 1. The van der Waals surface area contributed by atoms with E-state index in [1.807, 2.05) is 24.3 Å². The fourth-order valence-electron chi connectivity index (χ4n) is 3.99. The third-order valence-corrected chi connectivity index (χ3v) is 5.63. The fraction of sp³-hybridized carbons (Fsp3) is 0.529. The molecule has 130 valence electrons. The van der Waals surface area contributed by atoms with E-state index in [4.69, 9.17) is 10.3 Å². The first kappa shape index (κ1) is 17.9. The first-order valence-electron chi connectivity index (χ1n) is 8.25. The van der Waals surface area contributed by atoms with Crippen molar-refractivity contribution in [1.82, 2.24) is 15.0 Å². The predicted molar refractivity (Wildman–Crippen MR) is 98.8 cm³/mol. The Kier molecular flexibility index (Phi) is 5.59. The molecule has 0 radical (unpaired) electrons. The quantitative estimate of drug-likeness (QED) is 0.834. The zero-order valence-corrected chi connectivity index (χ0v) is 15.8. The van der Waals surface area contributed by atoms with Crippen molar-refractivity contribution < 1.29 is 4.52 Å². The first-order chi connectivity index (χ1) is 11.2. The average Bonchev–Trinajstić information content (AvgIpc) is 3.15. The molecule has 2 aromatic rings. The van der Waals surface area contributed by atoms with E-state index in [-0.39, 0.29) is 12.4 Å². The minimum absolute atomic E-state index is 0. The summed E-state index contributed by atoms with van der Waals surface area (Å²) in [6, 6.07) is 8.31. The summed E-state index contributed by atoms with van der Waals surface area (Å²) in [6.07, 6.45) is 3.74. The molecule has 2 aliphatic rings. The zero-order chi connectivity index (χ0) is 15.8. The van der Waals surface area contributed by atoms with Gasteiger partial charge in [0.15, 0.2) is 0 Å². The molecule has 24 heavy (non-hydrogen) atoms. The number of aromatic nitrogens is 2. The molecule has 4 rings (SSSR count). The highest BCUT2D eigenvalue weighted by atomic mass is 79.9. The summed E-state index contributed by atoms with van der Waals surface area (Å²) in [7, 11) is 0. The summed E-state index contributed by atoms with van der Waals surface area (Å²) in [5.41, 5.74) is 7.25. The molecule has 1 saturated carbocycles. The molecular formula is C17H22BrClN4O. The van der Waals surface area contributed by atoms with Crippen LogP contribution in [0, 0.1) is 11.8 Å². The summed E-state index contributed by atoms with van der Waals surface area (Å²) in [5.74, 6) is 2.71. The van der Waals surface area contributed by atoms with Gasteiger partial charge in [0, 0.05) is 29.2 Å². The molecule has 1 saturated heterocycles. The molecule has 1 aromatic heterocycles. The lowest BCUT2D eigenvalue weighted by atomic mass is 9.78. The van der Waals surface area contributed by atoms with E-state index in [0.717, 1.165) is 35.6 Å². The lowest BCUT2D eigenvalue weighted by molar-refractivity contribution is 0.252. The van der Waals surface area contributed by atoms with Crippen LogP contribution in [-0.2, 0) is 6.54 Å². The summed E-state index contributed by atoms with van der Waals surface area (Å²) >= 11 is 3.47. The van der Waals surface area contributed by atoms with Gasteiger partial charge < -0.3 is 10.3 Å². The molecular weight excluding hydrogens is 392 g/mol. The number of halogens is 2. The summed E-state index contributed by atoms with van der Waals surface area (Å²) in [6.45, 7) is 2.88. The molecule has 1 aliphatic heterocycles. The molecule has 3 unspecified atom stereocenters. The maximum absolute atomic E-state index is 6.29. The van der Waals surface area contributed by atoms with Crippen LogP contribution in [0.5, 0.6) is 0 Å². The van der Waals surface area contributed by atoms with Gasteiger partial charge in [-0.05, 0) is 36.8 Å². The Morgan fingerprint density at radius 3 is 2.96 bits per heavy atom. The first-order valence-corrected chi connectivity index (χ1v) is 9.05. The lowest BCUT2D eigenvalue weighted by Crippen LogP contribution is -2.38. The molecule has 0 amide bonds. The standard InChI is InChI=1S/C17H21BrN4O.ClH/c18-13-5-1-3-11(7-13)17-20-16(23-21-17)10-22-8-12-4-2-6-15(19)14(12)9-22;/h1,3,5,7,12,14-15H,2,4,6,8-10,19H2;1H. The Bertz CT molecular complexity index is 695. The van der Waals surface area contributed by atoms with Crippen molar-refractivity contribution in [3.05, 3.63) is 34.6 Å². The van der Waals surface area contributed by atoms with Crippen molar-refractivity contribution >= 4 is 28.3 Å². The van der Waals surface area contributed by atoms with Crippen molar-refractivity contribution in [2.75, 3.05) is 13.1 Å². The predicted octanol–water partition coefficient (Wildman–Crippen LogP) is 3.48. The number of hydrogen-bond acceptors (Lipinski definition) is 5. The Labute approximate surface area is 156 Å². The van der Waals surface area contributed by atoms with Gasteiger partial charge in [-0.25, -0.2) is 0 Å². The highest BCUT2D eigenvalue weighted by Crippen LogP contribution is 2.36. The number of nitrogens with two attached hydrogens (primary N) is 1. The molecule has 2 N–H and O–H groups in total. The van der Waals surface area contributed by atoms with Gasteiger partial charge in [0.2, 0.25) is 11.7 Å². The van der Waals surface area contributed by atoms with Gasteiger partial charge in [-0.2, -0.15) is 4.98 Å². The van der Waals surface area contributed by atoms with Crippen molar-refractivity contribution in [2.24, 2.45) is 17.6 Å². The van der Waals surface area contributed by atoms with Gasteiger partial charge in [0.1, 0.15) is 0 Å². The SMILES string of the molecule is Cl.NC1CCCC2CN(Cc3nc(-c4cccc(Br)c4)no3)CC12. The van der Waals surface area contributed by atoms with Gasteiger partial charge in [0.05, 0.1) is 6.54 Å². The van der Waals surface area contributed by atoms with Crippen LogP contribution >= 0.6 is 28.3 Å². The third kappa shape index (κ3) is 3.67. The van der Waals surface area contributed by atoms with Gasteiger partial charge in [0.25, 0.3) is 0 Å². The normalized spacial score (nSPS) is 26.8. The van der Waals surface area contributed by atoms with E-state index in [1.54, 1.807) is 0 Å². The Hall–Kier alpha value is -0.950. The van der Waals surface area contributed by atoms with E-state index < -0.39 is 0 Å². The molecule has 0 spiro atoms. The Morgan fingerprint density at radius 1 is 1.29 bits per heavy atom. The molecule has 1 aliphatic carbocycles. The van der Waals surface area contributed by atoms with Crippen LogP contribution in [0.3, 0.4) is 0 Å². The summed E-state index contributed by atoms with van der Waals surface area (Å²) < 4.78 is 6.46. The molecule has 7 heteroatoms. The molecule has 5 nitrogen and oxygen atoms in total. The maximum atomic E-state index is 6.29. The average molecular weight is 414 g/mol. The second kappa shape index (κ2) is 7.52. The Balaban J connectivity index is 0.00000169. The summed E-state index contributed by atoms with van der Waals surface area (Å²) in [5, 5.41) is 4.12. The number of likely N-dealkylation sites (tertiary alicyclic amines) is 1.